The van der Waals surface area contributed by atoms with Crippen LogP contribution in [-0.4, -0.2) is 31.4 Å². The Labute approximate surface area is 94.1 Å². The maximum absolute atomic E-state index is 10.6. The molecule has 1 N–H and O–H groups in total. The molecule has 0 aliphatic heterocycles. The first-order valence-corrected chi connectivity index (χ1v) is 4.79. The van der Waals surface area contributed by atoms with E-state index in [4.69, 9.17) is 14.6 Å². The van der Waals surface area contributed by atoms with Crippen LogP contribution in [0.25, 0.3) is 5.57 Å². The normalized spacial score (nSPS) is 9.81. The van der Waals surface area contributed by atoms with Crippen LogP contribution in [-0.2, 0) is 9.53 Å². The standard InChI is InChI=1S/C12H14O4/c1-9(12(13)14)10-3-5-11(6-4-10)16-8-7-15-2/h3-6H,1,7-8H2,2H3,(H,13,14). The summed E-state index contributed by atoms with van der Waals surface area (Å²) in [6.07, 6.45) is 0. The first-order chi connectivity index (χ1) is 7.65. The van der Waals surface area contributed by atoms with Crippen LogP contribution in [0.2, 0.25) is 0 Å². The molecule has 0 heterocycles. The van der Waals surface area contributed by atoms with Crippen LogP contribution < -0.4 is 4.74 Å². The molecule has 0 saturated heterocycles. The van der Waals surface area contributed by atoms with Crippen molar-refractivity contribution in [3.63, 3.8) is 0 Å². The highest BCUT2D eigenvalue weighted by atomic mass is 16.5. The molecule has 0 spiro atoms. The highest BCUT2D eigenvalue weighted by Gasteiger charge is 2.06. The molecule has 1 rings (SSSR count). The van der Waals surface area contributed by atoms with E-state index in [0.717, 1.165) is 0 Å². The lowest BCUT2D eigenvalue weighted by atomic mass is 10.1. The summed E-state index contributed by atoms with van der Waals surface area (Å²) in [5.41, 5.74) is 0.648. The molecule has 0 unspecified atom stereocenters. The number of benzene rings is 1. The molecular formula is C12H14O4. The number of hydrogen-bond acceptors (Lipinski definition) is 3. The quantitative estimate of drug-likeness (QED) is 0.589. The van der Waals surface area contributed by atoms with Gasteiger partial charge < -0.3 is 14.6 Å². The predicted molar refractivity (Wildman–Crippen MR) is 60.5 cm³/mol. The van der Waals surface area contributed by atoms with Gasteiger partial charge in [-0.1, -0.05) is 18.7 Å². The third kappa shape index (κ3) is 3.40. The molecule has 0 aliphatic carbocycles. The van der Waals surface area contributed by atoms with Crippen molar-refractivity contribution in [1.29, 1.82) is 0 Å². The van der Waals surface area contributed by atoms with Crippen LogP contribution >= 0.6 is 0 Å². The minimum atomic E-state index is -1.02. The highest BCUT2D eigenvalue weighted by Crippen LogP contribution is 2.17. The van der Waals surface area contributed by atoms with E-state index >= 15 is 0 Å². The summed E-state index contributed by atoms with van der Waals surface area (Å²) in [7, 11) is 1.60. The van der Waals surface area contributed by atoms with E-state index in [0.29, 0.717) is 24.5 Å². The van der Waals surface area contributed by atoms with Crippen molar-refractivity contribution in [1.82, 2.24) is 0 Å². The smallest absolute Gasteiger partial charge is 0.335 e. The zero-order valence-corrected chi connectivity index (χ0v) is 9.10. The summed E-state index contributed by atoms with van der Waals surface area (Å²) in [5.74, 6) is -0.341. The van der Waals surface area contributed by atoms with Crippen LogP contribution in [0.5, 0.6) is 5.75 Å². The average molecular weight is 222 g/mol. The number of ether oxygens (including phenoxy) is 2. The number of aliphatic carboxylic acids is 1. The van der Waals surface area contributed by atoms with Crippen molar-refractivity contribution in [2.45, 2.75) is 0 Å². The molecule has 0 atom stereocenters. The molecule has 0 amide bonds. The van der Waals surface area contributed by atoms with E-state index in [1.807, 2.05) is 0 Å². The van der Waals surface area contributed by atoms with Gasteiger partial charge in [-0.3, -0.25) is 0 Å². The zero-order valence-electron chi connectivity index (χ0n) is 9.10. The van der Waals surface area contributed by atoms with Gasteiger partial charge in [0, 0.05) is 7.11 Å². The molecule has 0 aliphatic rings. The zero-order chi connectivity index (χ0) is 12.0. The van der Waals surface area contributed by atoms with Crippen molar-refractivity contribution in [3.8, 4) is 5.75 Å². The Morgan fingerprint density at radius 3 is 2.44 bits per heavy atom. The van der Waals surface area contributed by atoms with E-state index in [2.05, 4.69) is 6.58 Å². The van der Waals surface area contributed by atoms with Crippen LogP contribution in [0.15, 0.2) is 30.8 Å². The molecule has 86 valence electrons. The van der Waals surface area contributed by atoms with Crippen molar-refractivity contribution < 1.29 is 19.4 Å². The fourth-order valence-electron chi connectivity index (χ4n) is 1.12. The summed E-state index contributed by atoms with van der Waals surface area (Å²) in [6, 6.07) is 6.75. The summed E-state index contributed by atoms with van der Waals surface area (Å²) in [5, 5.41) is 8.73. The van der Waals surface area contributed by atoms with Crippen molar-refractivity contribution in [2.75, 3.05) is 20.3 Å². The topological polar surface area (TPSA) is 55.8 Å². The Bertz CT molecular complexity index is 367. The minimum absolute atomic E-state index is 0.0726. The number of rotatable bonds is 6. The van der Waals surface area contributed by atoms with Crippen molar-refractivity contribution >= 4 is 11.5 Å². The molecule has 1 aromatic rings. The lowest BCUT2D eigenvalue weighted by molar-refractivity contribution is -0.130. The second-order valence-corrected chi connectivity index (χ2v) is 3.15. The average Bonchev–Trinajstić information content (AvgIpc) is 2.29. The fourth-order valence-corrected chi connectivity index (χ4v) is 1.12. The molecule has 16 heavy (non-hydrogen) atoms. The highest BCUT2D eigenvalue weighted by molar-refractivity contribution is 6.14. The summed E-state index contributed by atoms with van der Waals surface area (Å²) in [6.45, 7) is 4.45. The SMILES string of the molecule is C=C(C(=O)O)c1ccc(OCCOC)cc1. The number of methoxy groups -OCH3 is 1. The maximum Gasteiger partial charge on any atom is 0.335 e. The second-order valence-electron chi connectivity index (χ2n) is 3.15. The van der Waals surface area contributed by atoms with Gasteiger partial charge in [-0.25, -0.2) is 4.79 Å². The number of carboxylic acids is 1. The van der Waals surface area contributed by atoms with Gasteiger partial charge in [0.05, 0.1) is 12.2 Å². The second kappa shape index (κ2) is 5.92. The Balaban J connectivity index is 2.61. The monoisotopic (exact) mass is 222 g/mol. The molecule has 1 aromatic carbocycles. The Morgan fingerprint density at radius 2 is 1.94 bits per heavy atom. The van der Waals surface area contributed by atoms with E-state index in [-0.39, 0.29) is 5.57 Å². The molecular weight excluding hydrogens is 208 g/mol. The summed E-state index contributed by atoms with van der Waals surface area (Å²) < 4.78 is 10.2. The molecule has 0 aromatic heterocycles. The Hall–Kier alpha value is -1.81. The fraction of sp³-hybridized carbons (Fsp3) is 0.250. The van der Waals surface area contributed by atoms with Gasteiger partial charge in [0.1, 0.15) is 12.4 Å². The molecule has 4 nitrogen and oxygen atoms in total. The van der Waals surface area contributed by atoms with Crippen LogP contribution in [0.4, 0.5) is 0 Å². The largest absolute Gasteiger partial charge is 0.491 e. The third-order valence-corrected chi connectivity index (χ3v) is 2.02. The van der Waals surface area contributed by atoms with Crippen molar-refractivity contribution in [2.24, 2.45) is 0 Å². The lowest BCUT2D eigenvalue weighted by Crippen LogP contribution is -2.04. The van der Waals surface area contributed by atoms with Crippen molar-refractivity contribution in [3.05, 3.63) is 36.4 Å². The Kier molecular flexibility index (Phi) is 4.54. The van der Waals surface area contributed by atoms with Gasteiger partial charge >= 0.3 is 5.97 Å². The number of carboxylic acid groups (broad SMARTS) is 1. The number of hydrogen-bond donors (Lipinski definition) is 1. The third-order valence-electron chi connectivity index (χ3n) is 2.02. The van der Waals surface area contributed by atoms with Gasteiger partial charge in [-0.2, -0.15) is 0 Å². The summed E-state index contributed by atoms with van der Waals surface area (Å²) >= 11 is 0. The minimum Gasteiger partial charge on any atom is -0.491 e. The summed E-state index contributed by atoms with van der Waals surface area (Å²) in [4.78, 5) is 10.6. The first kappa shape index (κ1) is 12.3. The van der Waals surface area contributed by atoms with E-state index in [1.54, 1.807) is 31.4 Å². The molecule has 0 saturated carbocycles. The molecule has 0 bridgehead atoms. The molecule has 4 heteroatoms. The van der Waals surface area contributed by atoms with Crippen LogP contribution in [0.1, 0.15) is 5.56 Å². The van der Waals surface area contributed by atoms with Gasteiger partial charge in [-0.15, -0.1) is 0 Å². The maximum atomic E-state index is 10.6. The Morgan fingerprint density at radius 1 is 1.31 bits per heavy atom. The van der Waals surface area contributed by atoms with Crippen LogP contribution in [0.3, 0.4) is 0 Å². The van der Waals surface area contributed by atoms with Gasteiger partial charge in [0.25, 0.3) is 0 Å². The lowest BCUT2D eigenvalue weighted by Gasteiger charge is -2.06. The first-order valence-electron chi connectivity index (χ1n) is 4.79. The van der Waals surface area contributed by atoms with Gasteiger partial charge in [0.2, 0.25) is 0 Å². The predicted octanol–water partition coefficient (Wildman–Crippen LogP) is 1.81. The van der Waals surface area contributed by atoms with E-state index in [1.165, 1.54) is 0 Å². The van der Waals surface area contributed by atoms with Gasteiger partial charge in [-0.05, 0) is 17.7 Å². The van der Waals surface area contributed by atoms with E-state index in [9.17, 15) is 4.79 Å². The van der Waals surface area contributed by atoms with Crippen LogP contribution in [0, 0.1) is 0 Å². The van der Waals surface area contributed by atoms with E-state index < -0.39 is 5.97 Å². The molecule has 0 fully saturated rings. The number of carbonyl (C=O) groups is 1. The molecule has 0 radical (unpaired) electrons. The van der Waals surface area contributed by atoms with Gasteiger partial charge in [0.15, 0.2) is 0 Å².